The van der Waals surface area contributed by atoms with E-state index in [2.05, 4.69) is 10.6 Å². The summed E-state index contributed by atoms with van der Waals surface area (Å²) in [6.07, 6.45) is -0.213. The highest BCUT2D eigenvalue weighted by atomic mass is 16.5. The van der Waals surface area contributed by atoms with Crippen molar-refractivity contribution in [1.29, 1.82) is 0 Å². The van der Waals surface area contributed by atoms with Crippen LogP contribution in [0.5, 0.6) is 0 Å². The first-order chi connectivity index (χ1) is 20.5. The van der Waals surface area contributed by atoms with Gasteiger partial charge in [-0.25, -0.2) is 0 Å². The number of nitrogens with one attached hydrogen (secondary N) is 2. The Labute approximate surface area is 253 Å². The molecule has 0 spiro atoms. The molecule has 2 bridgehead atoms. The maximum absolute atomic E-state index is 13.6. The maximum atomic E-state index is 13.6. The van der Waals surface area contributed by atoms with Crippen LogP contribution in [0.1, 0.15) is 52.0 Å². The van der Waals surface area contributed by atoms with Gasteiger partial charge in [0.05, 0.1) is 19.1 Å². The predicted octanol–water partition coefficient (Wildman–Crippen LogP) is 0.0747. The van der Waals surface area contributed by atoms with Crippen LogP contribution in [-0.2, 0) is 35.1 Å². The number of rotatable bonds is 4. The van der Waals surface area contributed by atoms with E-state index in [1.807, 2.05) is 44.2 Å². The molecule has 6 atom stereocenters. The molecule has 3 heterocycles. The lowest BCUT2D eigenvalue weighted by atomic mass is 9.97. The summed E-state index contributed by atoms with van der Waals surface area (Å²) in [5.41, 5.74) is 0.829. The Kier molecular flexibility index (Phi) is 10.8. The highest BCUT2D eigenvalue weighted by molar-refractivity contribution is 5.95. The molecule has 3 aliphatic rings. The topological polar surface area (TPSA) is 149 Å². The Hall–Kier alpha value is -3.51. The molecule has 0 aliphatic carbocycles. The van der Waals surface area contributed by atoms with Gasteiger partial charge in [-0.2, -0.15) is 0 Å². The number of hydrogen-bond acceptors (Lipinski definition) is 7. The summed E-state index contributed by atoms with van der Waals surface area (Å²) in [5, 5.41) is 17.0. The summed E-state index contributed by atoms with van der Waals surface area (Å²) < 4.78 is 5.86. The van der Waals surface area contributed by atoms with Gasteiger partial charge in [-0.05, 0) is 37.7 Å². The predicted molar refractivity (Wildman–Crippen MR) is 157 cm³/mol. The Morgan fingerprint density at radius 3 is 2.49 bits per heavy atom. The summed E-state index contributed by atoms with van der Waals surface area (Å²) >= 11 is 0. The van der Waals surface area contributed by atoms with Gasteiger partial charge in [-0.1, -0.05) is 44.2 Å². The van der Waals surface area contributed by atoms with E-state index in [0.29, 0.717) is 25.8 Å². The van der Waals surface area contributed by atoms with Crippen molar-refractivity contribution in [3.63, 3.8) is 0 Å². The average molecular weight is 600 g/mol. The number of aliphatic hydroxyl groups excluding tert-OH is 1. The van der Waals surface area contributed by atoms with Gasteiger partial charge in [0, 0.05) is 33.0 Å². The van der Waals surface area contributed by atoms with E-state index < -0.39 is 48.2 Å². The van der Waals surface area contributed by atoms with E-state index in [1.54, 1.807) is 6.92 Å². The van der Waals surface area contributed by atoms with Crippen LogP contribution in [0, 0.1) is 5.92 Å². The van der Waals surface area contributed by atoms with Crippen molar-refractivity contribution in [3.8, 4) is 0 Å². The van der Waals surface area contributed by atoms with Crippen molar-refractivity contribution in [1.82, 2.24) is 25.3 Å². The zero-order chi connectivity index (χ0) is 31.3. The van der Waals surface area contributed by atoms with E-state index in [1.165, 1.54) is 21.7 Å². The van der Waals surface area contributed by atoms with E-state index in [-0.39, 0.29) is 56.2 Å². The first-order valence-corrected chi connectivity index (χ1v) is 15.2. The molecular weight excluding hydrogens is 554 g/mol. The number of benzene rings is 1. The van der Waals surface area contributed by atoms with E-state index in [0.717, 1.165) is 5.56 Å². The second-order valence-electron chi connectivity index (χ2n) is 12.3. The van der Waals surface area contributed by atoms with Crippen molar-refractivity contribution in [2.24, 2.45) is 5.92 Å². The molecule has 0 radical (unpaired) electrons. The molecule has 0 saturated carbocycles. The third kappa shape index (κ3) is 7.91. The second kappa shape index (κ2) is 14.3. The number of nitrogens with zero attached hydrogens (tertiary/aromatic N) is 3. The van der Waals surface area contributed by atoms with Gasteiger partial charge in [-0.3, -0.25) is 24.0 Å². The summed E-state index contributed by atoms with van der Waals surface area (Å²) in [6, 6.07) is 5.90. The highest BCUT2D eigenvalue weighted by Gasteiger charge is 2.41. The molecule has 1 aromatic rings. The van der Waals surface area contributed by atoms with Crippen LogP contribution >= 0.6 is 0 Å². The lowest BCUT2D eigenvalue weighted by Gasteiger charge is -2.38. The molecule has 3 fully saturated rings. The lowest BCUT2D eigenvalue weighted by Crippen LogP contribution is -2.60. The average Bonchev–Trinajstić information content (AvgIpc) is 3.47. The van der Waals surface area contributed by atoms with Crippen LogP contribution in [0.2, 0.25) is 0 Å². The normalized spacial score (nSPS) is 29.7. The van der Waals surface area contributed by atoms with Crippen molar-refractivity contribution in [3.05, 3.63) is 35.9 Å². The van der Waals surface area contributed by atoms with Crippen molar-refractivity contribution >= 4 is 29.5 Å². The Morgan fingerprint density at radius 2 is 1.79 bits per heavy atom. The van der Waals surface area contributed by atoms with Crippen LogP contribution in [0.25, 0.3) is 0 Å². The number of hydrogen-bond donors (Lipinski definition) is 3. The summed E-state index contributed by atoms with van der Waals surface area (Å²) in [5.74, 6) is -1.95. The minimum Gasteiger partial charge on any atom is -0.388 e. The zero-order valence-corrected chi connectivity index (χ0v) is 25.5. The molecule has 3 saturated heterocycles. The minimum atomic E-state index is -1.16. The Balaban J connectivity index is 1.67. The van der Waals surface area contributed by atoms with Crippen molar-refractivity contribution in [2.75, 3.05) is 33.3 Å². The van der Waals surface area contributed by atoms with Gasteiger partial charge in [0.2, 0.25) is 29.5 Å². The molecule has 5 amide bonds. The molecule has 4 rings (SSSR count). The first-order valence-electron chi connectivity index (χ1n) is 15.2. The third-order valence-electron chi connectivity index (χ3n) is 8.63. The molecule has 43 heavy (non-hydrogen) atoms. The number of likely N-dealkylation sites (N-methyl/N-ethyl adjacent to an activating group) is 1. The van der Waals surface area contributed by atoms with E-state index in [4.69, 9.17) is 4.74 Å². The van der Waals surface area contributed by atoms with Gasteiger partial charge in [-0.15, -0.1) is 0 Å². The lowest BCUT2D eigenvalue weighted by molar-refractivity contribution is -0.151. The molecule has 3 aliphatic heterocycles. The number of carbonyl (C=O) groups is 5. The summed E-state index contributed by atoms with van der Waals surface area (Å²) in [6.45, 7) is 5.68. The molecule has 0 aromatic heterocycles. The second-order valence-corrected chi connectivity index (χ2v) is 12.3. The smallest absolute Gasteiger partial charge is 0.245 e. The van der Waals surface area contributed by atoms with Crippen LogP contribution in [-0.4, -0.2) is 119 Å². The summed E-state index contributed by atoms with van der Waals surface area (Å²) in [7, 11) is 1.52. The standard InChI is InChI=1S/C31H45N5O7/c1-19(2)15-26(37)35-17-25-28(39)22(12-14-43-25)32-30(41)23(16-21-9-6-5-7-10-21)33-29(40)20(3)34(4)31(42)24-11-8-13-36(24)27(38)18-35/h5-7,9-10,19-20,22-25,28,39H,8,11-18H2,1-4H3,(H,32,41)(H,33,40)/t20-,22-,23-,24-,25+,28-/m0/s1. The first kappa shape index (κ1) is 32.4. The van der Waals surface area contributed by atoms with Crippen molar-refractivity contribution in [2.45, 2.75) is 89.3 Å². The quantitative estimate of drug-likeness (QED) is 0.444. The third-order valence-corrected chi connectivity index (χ3v) is 8.63. The number of fused-ring (bicyclic) bond motifs is 3. The highest BCUT2D eigenvalue weighted by Crippen LogP contribution is 2.23. The van der Waals surface area contributed by atoms with Gasteiger partial charge >= 0.3 is 0 Å². The van der Waals surface area contributed by atoms with Crippen LogP contribution in [0.4, 0.5) is 0 Å². The largest absolute Gasteiger partial charge is 0.388 e. The molecule has 12 heteroatoms. The fourth-order valence-corrected chi connectivity index (χ4v) is 5.96. The Morgan fingerprint density at radius 1 is 1.07 bits per heavy atom. The van der Waals surface area contributed by atoms with Gasteiger partial charge in [0.1, 0.15) is 30.3 Å². The molecule has 236 valence electrons. The van der Waals surface area contributed by atoms with Gasteiger partial charge in [0.15, 0.2) is 0 Å². The van der Waals surface area contributed by atoms with E-state index in [9.17, 15) is 29.1 Å². The summed E-state index contributed by atoms with van der Waals surface area (Å²) in [4.78, 5) is 71.7. The van der Waals surface area contributed by atoms with E-state index >= 15 is 0 Å². The van der Waals surface area contributed by atoms with Gasteiger partial charge in [0.25, 0.3) is 0 Å². The minimum absolute atomic E-state index is 0.0405. The Bertz CT molecular complexity index is 1180. The molecule has 0 unspecified atom stereocenters. The number of aliphatic hydroxyl groups is 1. The SMILES string of the molecule is CC(C)CC(=O)N1CC(=O)N2CCC[C@H]2C(=O)N(C)[C@@H](C)C(=O)N[C@@H](Cc2ccccc2)C(=O)N[C@H]2CCO[C@H](C1)[C@H]2O. The molecular formula is C31H45N5O7. The molecule has 3 N–H and O–H groups in total. The number of amides is 5. The molecule has 1 aromatic carbocycles. The molecule has 12 nitrogen and oxygen atoms in total. The maximum Gasteiger partial charge on any atom is 0.245 e. The fraction of sp³-hybridized carbons (Fsp3) is 0.645. The monoisotopic (exact) mass is 599 g/mol. The van der Waals surface area contributed by atoms with Crippen LogP contribution < -0.4 is 10.6 Å². The van der Waals surface area contributed by atoms with Gasteiger partial charge < -0.3 is 35.2 Å². The number of ether oxygens (including phenoxy) is 1. The van der Waals surface area contributed by atoms with Crippen LogP contribution in [0.3, 0.4) is 0 Å². The fourth-order valence-electron chi connectivity index (χ4n) is 5.96. The van der Waals surface area contributed by atoms with Crippen LogP contribution in [0.15, 0.2) is 30.3 Å². The van der Waals surface area contributed by atoms with Crippen molar-refractivity contribution < 1.29 is 33.8 Å². The number of carbonyl (C=O) groups excluding carboxylic acids is 5. The zero-order valence-electron chi connectivity index (χ0n) is 25.5.